The summed E-state index contributed by atoms with van der Waals surface area (Å²) in [4.78, 5) is 1.29. The fourth-order valence-corrected chi connectivity index (χ4v) is 3.08. The molecule has 0 amide bonds. The Bertz CT molecular complexity index is 676. The minimum atomic E-state index is 0.891. The predicted molar refractivity (Wildman–Crippen MR) is 80.8 cm³/mol. The maximum absolute atomic E-state index is 4.22. The maximum Gasteiger partial charge on any atom is 0.195 e. The number of thioether (sulfide) groups is 2. The zero-order valence-corrected chi connectivity index (χ0v) is 12.1. The number of rotatable bonds is 4. The number of nitrogens with zero attached hydrogens (tertiary/aromatic N) is 3. The molecule has 0 N–H and O–H groups in total. The lowest BCUT2D eigenvalue weighted by molar-refractivity contribution is 0.921. The molecular formula is C14H13N3S2. The molecule has 3 rings (SSSR count). The average Bonchev–Trinajstić information content (AvgIpc) is 2.89. The summed E-state index contributed by atoms with van der Waals surface area (Å²) in [5.41, 5.74) is 2.19. The minimum absolute atomic E-state index is 0.891. The summed E-state index contributed by atoms with van der Waals surface area (Å²) < 4.78 is 2.01. The molecule has 0 bridgehead atoms. The van der Waals surface area contributed by atoms with Crippen LogP contribution in [0.15, 0.2) is 58.7 Å². The lowest BCUT2D eigenvalue weighted by atomic mass is 10.2. The number of benzene rings is 1. The summed E-state index contributed by atoms with van der Waals surface area (Å²) >= 11 is 3.47. The van der Waals surface area contributed by atoms with Gasteiger partial charge in [-0.05, 0) is 36.1 Å². The van der Waals surface area contributed by atoms with Crippen molar-refractivity contribution in [1.29, 1.82) is 0 Å². The molecule has 3 aromatic rings. The lowest BCUT2D eigenvalue weighted by Crippen LogP contribution is -1.87. The Hall–Kier alpha value is -1.46. The van der Waals surface area contributed by atoms with Gasteiger partial charge in [-0.1, -0.05) is 30.0 Å². The van der Waals surface area contributed by atoms with Crippen LogP contribution in [-0.4, -0.2) is 20.9 Å². The number of fused-ring (bicyclic) bond motifs is 1. The molecule has 0 unspecified atom stereocenters. The molecule has 0 fully saturated rings. The van der Waals surface area contributed by atoms with Gasteiger partial charge in [0.15, 0.2) is 10.8 Å². The van der Waals surface area contributed by atoms with Crippen LogP contribution in [-0.2, 0) is 5.75 Å². The van der Waals surface area contributed by atoms with Gasteiger partial charge in [-0.2, -0.15) is 0 Å². The second-order valence-electron chi connectivity index (χ2n) is 4.05. The van der Waals surface area contributed by atoms with Crippen LogP contribution in [0.4, 0.5) is 0 Å². The number of aromatic nitrogens is 3. The summed E-state index contributed by atoms with van der Waals surface area (Å²) in [7, 11) is 0. The second kappa shape index (κ2) is 5.67. The first-order valence-corrected chi connectivity index (χ1v) is 8.13. The van der Waals surface area contributed by atoms with Crippen molar-refractivity contribution in [2.45, 2.75) is 15.8 Å². The highest BCUT2D eigenvalue weighted by atomic mass is 32.2. The van der Waals surface area contributed by atoms with Gasteiger partial charge in [0.05, 0.1) is 0 Å². The largest absolute Gasteiger partial charge is 0.277 e. The third-order valence-electron chi connectivity index (χ3n) is 2.81. The molecule has 0 saturated carbocycles. The molecule has 2 heterocycles. The van der Waals surface area contributed by atoms with Crippen molar-refractivity contribution in [2.24, 2.45) is 0 Å². The van der Waals surface area contributed by atoms with E-state index in [4.69, 9.17) is 0 Å². The Morgan fingerprint density at radius 3 is 2.68 bits per heavy atom. The van der Waals surface area contributed by atoms with Gasteiger partial charge >= 0.3 is 0 Å². The van der Waals surface area contributed by atoms with Crippen LogP contribution in [0.3, 0.4) is 0 Å². The lowest BCUT2D eigenvalue weighted by Gasteiger charge is -2.02. The van der Waals surface area contributed by atoms with E-state index in [1.54, 1.807) is 23.5 Å². The van der Waals surface area contributed by atoms with Crippen molar-refractivity contribution in [1.82, 2.24) is 14.6 Å². The SMILES string of the molecule is CSc1ccc(CSc2nnc3ccccn23)cc1. The van der Waals surface area contributed by atoms with Crippen LogP contribution in [0, 0.1) is 0 Å². The Morgan fingerprint density at radius 2 is 1.89 bits per heavy atom. The topological polar surface area (TPSA) is 30.2 Å². The third-order valence-corrected chi connectivity index (χ3v) is 4.57. The van der Waals surface area contributed by atoms with E-state index in [0.717, 1.165) is 16.6 Å². The van der Waals surface area contributed by atoms with Crippen molar-refractivity contribution in [2.75, 3.05) is 6.26 Å². The van der Waals surface area contributed by atoms with E-state index in [9.17, 15) is 0 Å². The number of pyridine rings is 1. The van der Waals surface area contributed by atoms with E-state index < -0.39 is 0 Å². The van der Waals surface area contributed by atoms with E-state index in [0.29, 0.717) is 0 Å². The zero-order valence-electron chi connectivity index (χ0n) is 10.5. The van der Waals surface area contributed by atoms with Crippen LogP contribution in [0.2, 0.25) is 0 Å². The van der Waals surface area contributed by atoms with Crippen LogP contribution in [0.25, 0.3) is 5.65 Å². The summed E-state index contributed by atoms with van der Waals surface area (Å²) in [5.74, 6) is 0.907. The molecular weight excluding hydrogens is 274 g/mol. The first-order valence-electron chi connectivity index (χ1n) is 5.92. The highest BCUT2D eigenvalue weighted by molar-refractivity contribution is 7.98. The van der Waals surface area contributed by atoms with E-state index in [1.807, 2.05) is 28.8 Å². The molecule has 0 aliphatic heterocycles. The van der Waals surface area contributed by atoms with Gasteiger partial charge in [-0.15, -0.1) is 22.0 Å². The van der Waals surface area contributed by atoms with Crippen molar-refractivity contribution < 1.29 is 0 Å². The standard InChI is InChI=1S/C14H13N3S2/c1-18-12-7-5-11(6-8-12)10-19-14-16-15-13-4-2-3-9-17(13)14/h2-9H,10H2,1H3. The molecule has 0 aliphatic rings. The van der Waals surface area contributed by atoms with Crippen molar-refractivity contribution in [3.05, 3.63) is 54.2 Å². The molecule has 1 aromatic carbocycles. The number of hydrogen-bond acceptors (Lipinski definition) is 4. The summed E-state index contributed by atoms with van der Waals surface area (Å²) in [6.07, 6.45) is 4.08. The molecule has 5 heteroatoms. The Kier molecular flexibility index (Phi) is 3.75. The maximum atomic E-state index is 4.22. The molecule has 96 valence electrons. The van der Waals surface area contributed by atoms with Crippen LogP contribution >= 0.6 is 23.5 Å². The first-order chi connectivity index (χ1) is 9.36. The fraction of sp³-hybridized carbons (Fsp3) is 0.143. The van der Waals surface area contributed by atoms with Crippen LogP contribution in [0.1, 0.15) is 5.56 Å². The summed E-state index contributed by atoms with van der Waals surface area (Å²) in [5, 5.41) is 9.30. The zero-order chi connectivity index (χ0) is 13.1. The van der Waals surface area contributed by atoms with Crippen molar-refractivity contribution >= 4 is 29.2 Å². The quantitative estimate of drug-likeness (QED) is 0.684. The average molecular weight is 287 g/mol. The minimum Gasteiger partial charge on any atom is -0.277 e. The van der Waals surface area contributed by atoms with Gasteiger partial charge in [0, 0.05) is 16.8 Å². The van der Waals surface area contributed by atoms with Gasteiger partial charge < -0.3 is 0 Å². The van der Waals surface area contributed by atoms with Gasteiger partial charge in [0.1, 0.15) is 0 Å². The van der Waals surface area contributed by atoms with E-state index in [-0.39, 0.29) is 0 Å². The van der Waals surface area contributed by atoms with Crippen LogP contribution in [0.5, 0.6) is 0 Å². The highest BCUT2D eigenvalue weighted by Crippen LogP contribution is 2.23. The summed E-state index contributed by atoms with van der Waals surface area (Å²) in [6.45, 7) is 0. The highest BCUT2D eigenvalue weighted by Gasteiger charge is 2.05. The normalized spacial score (nSPS) is 11.0. The molecule has 0 saturated heterocycles. The molecule has 3 nitrogen and oxygen atoms in total. The number of hydrogen-bond donors (Lipinski definition) is 0. The smallest absolute Gasteiger partial charge is 0.195 e. The Morgan fingerprint density at radius 1 is 1.05 bits per heavy atom. The van der Waals surface area contributed by atoms with Crippen LogP contribution < -0.4 is 0 Å². The molecule has 0 aliphatic carbocycles. The monoisotopic (exact) mass is 287 g/mol. The first kappa shape index (κ1) is 12.6. The molecule has 0 atom stereocenters. The second-order valence-corrected chi connectivity index (χ2v) is 5.87. The van der Waals surface area contributed by atoms with Crippen molar-refractivity contribution in [3.63, 3.8) is 0 Å². The Balaban J connectivity index is 1.74. The predicted octanol–water partition coefficient (Wildman–Crippen LogP) is 3.74. The van der Waals surface area contributed by atoms with E-state index in [2.05, 4.69) is 40.7 Å². The van der Waals surface area contributed by atoms with Gasteiger partial charge in [0.25, 0.3) is 0 Å². The fourth-order valence-electron chi connectivity index (χ4n) is 1.79. The van der Waals surface area contributed by atoms with E-state index >= 15 is 0 Å². The van der Waals surface area contributed by atoms with E-state index in [1.165, 1.54) is 10.5 Å². The molecule has 0 spiro atoms. The van der Waals surface area contributed by atoms with Crippen molar-refractivity contribution in [3.8, 4) is 0 Å². The van der Waals surface area contributed by atoms with Gasteiger partial charge in [-0.3, -0.25) is 4.40 Å². The van der Waals surface area contributed by atoms with Gasteiger partial charge in [0.2, 0.25) is 0 Å². The summed E-state index contributed by atoms with van der Waals surface area (Å²) in [6, 6.07) is 14.6. The molecule has 19 heavy (non-hydrogen) atoms. The molecule has 0 radical (unpaired) electrons. The molecule has 2 aromatic heterocycles. The van der Waals surface area contributed by atoms with Gasteiger partial charge in [-0.25, -0.2) is 0 Å². The third kappa shape index (κ3) is 2.77. The Labute approximate surface area is 120 Å².